The fourth-order valence-electron chi connectivity index (χ4n) is 2.79. The van der Waals surface area contributed by atoms with Gasteiger partial charge >= 0.3 is 12.0 Å². The molecule has 6 nitrogen and oxygen atoms in total. The number of allylic oxidation sites excluding steroid dienone is 1. The van der Waals surface area contributed by atoms with E-state index in [1.54, 1.807) is 6.92 Å². The van der Waals surface area contributed by atoms with E-state index >= 15 is 0 Å². The fourth-order valence-corrected chi connectivity index (χ4v) is 2.79. The maximum absolute atomic E-state index is 12.1. The van der Waals surface area contributed by atoms with Crippen LogP contribution in [0.5, 0.6) is 0 Å². The summed E-state index contributed by atoms with van der Waals surface area (Å²) in [6.07, 6.45) is 0. The van der Waals surface area contributed by atoms with E-state index in [0.717, 1.165) is 24.3 Å². The van der Waals surface area contributed by atoms with Crippen molar-refractivity contribution in [3.63, 3.8) is 0 Å². The summed E-state index contributed by atoms with van der Waals surface area (Å²) in [6.45, 7) is 7.75. The van der Waals surface area contributed by atoms with Crippen LogP contribution in [0.1, 0.15) is 32.4 Å². The number of ether oxygens (including phenoxy) is 1. The molecule has 6 heteroatoms. The Balaban J connectivity index is 2.36. The van der Waals surface area contributed by atoms with Crippen molar-refractivity contribution in [3.05, 3.63) is 41.1 Å². The fraction of sp³-hybridized carbons (Fsp3) is 0.412. The van der Waals surface area contributed by atoms with E-state index in [-0.39, 0.29) is 6.03 Å². The highest BCUT2D eigenvalue weighted by molar-refractivity contribution is 5.94. The molecule has 0 aliphatic carbocycles. The van der Waals surface area contributed by atoms with Gasteiger partial charge in [0.05, 0.1) is 18.7 Å². The minimum Gasteiger partial charge on any atom is -0.466 e. The third-order valence-corrected chi connectivity index (χ3v) is 4.03. The number of nitrogens with zero attached hydrogens (tertiary/aromatic N) is 1. The first-order valence-corrected chi connectivity index (χ1v) is 7.73. The second-order valence-corrected chi connectivity index (χ2v) is 5.33. The van der Waals surface area contributed by atoms with E-state index in [1.165, 1.54) is 7.11 Å². The lowest BCUT2D eigenvalue weighted by atomic mass is 9.95. The highest BCUT2D eigenvalue weighted by atomic mass is 16.5. The lowest BCUT2D eigenvalue weighted by Crippen LogP contribution is -2.45. The zero-order valence-electron chi connectivity index (χ0n) is 14.0. The number of nitrogens with one attached hydrogen (secondary N) is 2. The number of hydrogen-bond acceptors (Lipinski definition) is 4. The molecule has 0 spiro atoms. The average molecular weight is 317 g/mol. The van der Waals surface area contributed by atoms with Gasteiger partial charge in [0.2, 0.25) is 0 Å². The van der Waals surface area contributed by atoms with Gasteiger partial charge in [-0.1, -0.05) is 12.1 Å². The Kier molecular flexibility index (Phi) is 5.26. The van der Waals surface area contributed by atoms with Crippen LogP contribution in [0.25, 0.3) is 0 Å². The van der Waals surface area contributed by atoms with Crippen LogP contribution in [-0.2, 0) is 9.53 Å². The minimum absolute atomic E-state index is 0.326. The number of carbonyl (C=O) groups excluding carboxylic acids is 2. The standard InChI is InChI=1S/C17H23N3O3/c1-5-20(6-2)13-9-7-12(8-10-13)15-14(16(21)23-4)11(3)18-17(22)19-15/h7-10,15H,5-6H2,1-4H3,(H2,18,19,22)/t15-/m0/s1. The monoisotopic (exact) mass is 317 g/mol. The number of benzene rings is 1. The molecule has 2 rings (SSSR count). The van der Waals surface area contributed by atoms with Crippen LogP contribution in [0.2, 0.25) is 0 Å². The first-order valence-electron chi connectivity index (χ1n) is 7.73. The lowest BCUT2D eigenvalue weighted by molar-refractivity contribution is -0.136. The van der Waals surface area contributed by atoms with Gasteiger partial charge in [0.1, 0.15) is 0 Å². The third kappa shape index (κ3) is 3.47. The number of methoxy groups -OCH3 is 1. The number of urea groups is 1. The predicted molar refractivity (Wildman–Crippen MR) is 89.1 cm³/mol. The Morgan fingerprint density at radius 1 is 1.22 bits per heavy atom. The van der Waals surface area contributed by atoms with Gasteiger partial charge in [-0.15, -0.1) is 0 Å². The summed E-state index contributed by atoms with van der Waals surface area (Å²) in [6, 6.07) is 7.02. The van der Waals surface area contributed by atoms with Gasteiger partial charge < -0.3 is 20.3 Å². The molecule has 2 N–H and O–H groups in total. The highest BCUT2D eigenvalue weighted by Crippen LogP contribution is 2.28. The van der Waals surface area contributed by atoms with Gasteiger partial charge in [-0.25, -0.2) is 9.59 Å². The third-order valence-electron chi connectivity index (χ3n) is 4.03. The highest BCUT2D eigenvalue weighted by Gasteiger charge is 2.31. The van der Waals surface area contributed by atoms with E-state index in [0.29, 0.717) is 11.3 Å². The van der Waals surface area contributed by atoms with Crippen molar-refractivity contribution < 1.29 is 14.3 Å². The molecule has 0 radical (unpaired) electrons. The van der Waals surface area contributed by atoms with Crippen LogP contribution in [0.3, 0.4) is 0 Å². The first kappa shape index (κ1) is 16.9. The lowest BCUT2D eigenvalue weighted by Gasteiger charge is -2.28. The second-order valence-electron chi connectivity index (χ2n) is 5.33. The van der Waals surface area contributed by atoms with Gasteiger partial charge in [0, 0.05) is 24.5 Å². The van der Waals surface area contributed by atoms with E-state index in [2.05, 4.69) is 29.4 Å². The van der Waals surface area contributed by atoms with E-state index in [9.17, 15) is 9.59 Å². The van der Waals surface area contributed by atoms with Crippen molar-refractivity contribution in [2.45, 2.75) is 26.8 Å². The molecule has 0 saturated carbocycles. The van der Waals surface area contributed by atoms with E-state index in [1.807, 2.05) is 24.3 Å². The SMILES string of the molecule is CCN(CC)c1ccc([C@@H]2NC(=O)NC(C)=C2C(=O)OC)cc1. The van der Waals surface area contributed by atoms with Gasteiger partial charge in [0.15, 0.2) is 0 Å². The van der Waals surface area contributed by atoms with Gasteiger partial charge in [-0.3, -0.25) is 0 Å². The molecule has 0 fully saturated rings. The van der Waals surface area contributed by atoms with Crippen molar-refractivity contribution in [1.82, 2.24) is 10.6 Å². The number of hydrogen-bond donors (Lipinski definition) is 2. The Morgan fingerprint density at radius 3 is 2.35 bits per heavy atom. The largest absolute Gasteiger partial charge is 0.466 e. The van der Waals surface area contributed by atoms with Crippen LogP contribution in [-0.4, -0.2) is 32.2 Å². The van der Waals surface area contributed by atoms with Crippen molar-refractivity contribution >= 4 is 17.7 Å². The summed E-state index contributed by atoms with van der Waals surface area (Å²) in [5.41, 5.74) is 2.89. The molecule has 0 bridgehead atoms. The van der Waals surface area contributed by atoms with Crippen LogP contribution >= 0.6 is 0 Å². The first-order chi connectivity index (χ1) is 11.0. The molecule has 1 aliphatic rings. The Hall–Kier alpha value is -2.50. The summed E-state index contributed by atoms with van der Waals surface area (Å²) < 4.78 is 4.85. The molecule has 1 heterocycles. The van der Waals surface area contributed by atoms with Crippen LogP contribution in [0.15, 0.2) is 35.5 Å². The van der Waals surface area contributed by atoms with Crippen molar-refractivity contribution in [2.24, 2.45) is 0 Å². The maximum Gasteiger partial charge on any atom is 0.337 e. The molecular weight excluding hydrogens is 294 g/mol. The van der Waals surface area contributed by atoms with Crippen LogP contribution < -0.4 is 15.5 Å². The summed E-state index contributed by atoms with van der Waals surface area (Å²) in [7, 11) is 1.33. The van der Waals surface area contributed by atoms with Crippen molar-refractivity contribution in [3.8, 4) is 0 Å². The van der Waals surface area contributed by atoms with Gasteiger partial charge in [0.25, 0.3) is 0 Å². The molecule has 2 amide bonds. The number of carbonyl (C=O) groups is 2. The topological polar surface area (TPSA) is 70.7 Å². The Labute approximate surface area is 136 Å². The number of esters is 1. The minimum atomic E-state index is -0.512. The molecule has 1 atom stereocenters. The quantitative estimate of drug-likeness (QED) is 0.818. The number of rotatable bonds is 5. The van der Waals surface area contributed by atoms with Gasteiger partial charge in [-0.05, 0) is 38.5 Å². The zero-order chi connectivity index (χ0) is 17.0. The Morgan fingerprint density at radius 2 is 1.83 bits per heavy atom. The molecule has 1 aromatic carbocycles. The molecule has 0 unspecified atom stereocenters. The van der Waals surface area contributed by atoms with Gasteiger partial charge in [-0.2, -0.15) is 0 Å². The summed E-state index contributed by atoms with van der Waals surface area (Å²) >= 11 is 0. The molecule has 1 aromatic rings. The summed E-state index contributed by atoms with van der Waals surface area (Å²) in [4.78, 5) is 26.0. The van der Waals surface area contributed by atoms with E-state index < -0.39 is 12.0 Å². The van der Waals surface area contributed by atoms with Crippen molar-refractivity contribution in [2.75, 3.05) is 25.1 Å². The number of amides is 2. The van der Waals surface area contributed by atoms with Crippen molar-refractivity contribution in [1.29, 1.82) is 0 Å². The van der Waals surface area contributed by atoms with E-state index in [4.69, 9.17) is 4.74 Å². The molecule has 1 aliphatic heterocycles. The molecule has 23 heavy (non-hydrogen) atoms. The summed E-state index contributed by atoms with van der Waals surface area (Å²) in [5.74, 6) is -0.451. The molecule has 0 aromatic heterocycles. The molecular formula is C17H23N3O3. The van der Waals surface area contributed by atoms with Crippen LogP contribution in [0.4, 0.5) is 10.5 Å². The predicted octanol–water partition coefficient (Wildman–Crippen LogP) is 2.33. The number of anilines is 1. The average Bonchev–Trinajstić information content (AvgIpc) is 2.55. The second kappa shape index (κ2) is 7.17. The Bertz CT molecular complexity index is 618. The summed E-state index contributed by atoms with van der Waals surface area (Å²) in [5, 5.41) is 5.40. The zero-order valence-corrected chi connectivity index (χ0v) is 14.0. The smallest absolute Gasteiger partial charge is 0.337 e. The normalized spacial score (nSPS) is 17.4. The molecule has 0 saturated heterocycles. The van der Waals surface area contributed by atoms with Crippen LogP contribution in [0, 0.1) is 0 Å². The maximum atomic E-state index is 12.1. The molecule has 124 valence electrons.